The summed E-state index contributed by atoms with van der Waals surface area (Å²) in [7, 11) is 1.58. The van der Waals surface area contributed by atoms with Gasteiger partial charge in [0.15, 0.2) is 0 Å². The van der Waals surface area contributed by atoms with Crippen LogP contribution in [0.3, 0.4) is 0 Å². The molecule has 6 nitrogen and oxygen atoms in total. The van der Waals surface area contributed by atoms with Crippen molar-refractivity contribution >= 4 is 12.1 Å². The van der Waals surface area contributed by atoms with Gasteiger partial charge >= 0.3 is 12.1 Å². The minimum atomic E-state index is -1.06. The number of nitrogens with zero attached hydrogens (tertiary/aromatic N) is 1. The Morgan fingerprint density at radius 1 is 1.25 bits per heavy atom. The lowest BCUT2D eigenvalue weighted by Gasteiger charge is -2.26. The summed E-state index contributed by atoms with van der Waals surface area (Å²) < 4.78 is 10.5. The molecule has 0 radical (unpaired) electrons. The molecule has 1 fully saturated rings. The van der Waals surface area contributed by atoms with Gasteiger partial charge in [-0.15, -0.1) is 0 Å². The topological polar surface area (TPSA) is 76.1 Å². The number of ether oxygens (including phenoxy) is 2. The number of rotatable bonds is 3. The van der Waals surface area contributed by atoms with E-state index in [1.54, 1.807) is 46.9 Å². The Balaban J connectivity index is 2.28. The largest absolute Gasteiger partial charge is 0.497 e. The summed E-state index contributed by atoms with van der Waals surface area (Å²) in [5.41, 5.74) is -0.813. The standard InChI is InChI=1S/C18H25NO5/c1-17(2,3)24-16(22)19-10-14(18(4,11-19)15(20)21)12-6-8-13(23-5)9-7-12/h6-9,14H,10-11H2,1-5H3,(H,20,21)/t14-,18+/m0/s1. The molecule has 1 aliphatic heterocycles. The first-order valence-electron chi connectivity index (χ1n) is 7.92. The van der Waals surface area contributed by atoms with Gasteiger partial charge in [0.1, 0.15) is 11.4 Å². The molecule has 0 bridgehead atoms. The zero-order chi connectivity index (χ0) is 18.1. The molecule has 1 aromatic rings. The fraction of sp³-hybridized carbons (Fsp3) is 0.556. The number of carboxylic acids is 1. The molecule has 0 aliphatic carbocycles. The molecule has 2 atom stereocenters. The van der Waals surface area contributed by atoms with Crippen LogP contribution < -0.4 is 4.74 Å². The minimum absolute atomic E-state index is 0.119. The first kappa shape index (κ1) is 18.1. The lowest BCUT2D eigenvalue weighted by Crippen LogP contribution is -2.38. The molecule has 1 saturated heterocycles. The zero-order valence-electron chi connectivity index (χ0n) is 14.8. The molecule has 1 heterocycles. The molecule has 6 heteroatoms. The Morgan fingerprint density at radius 2 is 1.83 bits per heavy atom. The zero-order valence-corrected chi connectivity index (χ0v) is 14.8. The maximum atomic E-state index is 12.3. The number of aliphatic carboxylic acids is 1. The van der Waals surface area contributed by atoms with E-state index >= 15 is 0 Å². The molecule has 1 aliphatic rings. The number of hydrogen-bond acceptors (Lipinski definition) is 4. The number of benzene rings is 1. The predicted molar refractivity (Wildman–Crippen MR) is 89.3 cm³/mol. The third-order valence-corrected chi connectivity index (χ3v) is 4.35. The highest BCUT2D eigenvalue weighted by molar-refractivity contribution is 5.79. The van der Waals surface area contributed by atoms with Gasteiger partial charge < -0.3 is 19.5 Å². The summed E-state index contributed by atoms with van der Waals surface area (Å²) in [5, 5.41) is 9.73. The van der Waals surface area contributed by atoms with Gasteiger partial charge in [-0.3, -0.25) is 4.79 Å². The minimum Gasteiger partial charge on any atom is -0.497 e. The van der Waals surface area contributed by atoms with Gasteiger partial charge in [-0.1, -0.05) is 12.1 Å². The average Bonchev–Trinajstić information content (AvgIpc) is 2.85. The van der Waals surface area contributed by atoms with Crippen LogP contribution in [0.5, 0.6) is 5.75 Å². The van der Waals surface area contributed by atoms with Crippen LogP contribution >= 0.6 is 0 Å². The van der Waals surface area contributed by atoms with Crippen molar-refractivity contribution in [2.45, 2.75) is 39.2 Å². The van der Waals surface area contributed by atoms with Crippen LogP contribution in [0.4, 0.5) is 4.79 Å². The Bertz CT molecular complexity index is 619. The second-order valence-electron chi connectivity index (χ2n) is 7.41. The normalized spacial score (nSPS) is 23.9. The molecule has 24 heavy (non-hydrogen) atoms. The molecular weight excluding hydrogens is 310 g/mol. The van der Waals surface area contributed by atoms with E-state index in [4.69, 9.17) is 9.47 Å². The van der Waals surface area contributed by atoms with Crippen molar-refractivity contribution in [2.75, 3.05) is 20.2 Å². The van der Waals surface area contributed by atoms with Gasteiger partial charge in [-0.25, -0.2) is 4.79 Å². The highest BCUT2D eigenvalue weighted by atomic mass is 16.6. The quantitative estimate of drug-likeness (QED) is 0.918. The van der Waals surface area contributed by atoms with Crippen molar-refractivity contribution in [3.05, 3.63) is 29.8 Å². The van der Waals surface area contributed by atoms with Crippen LogP contribution in [0.2, 0.25) is 0 Å². The summed E-state index contributed by atoms with van der Waals surface area (Å²) in [6.45, 7) is 7.47. The molecule has 1 N–H and O–H groups in total. The number of likely N-dealkylation sites (tertiary alicyclic amines) is 1. The molecular formula is C18H25NO5. The van der Waals surface area contributed by atoms with E-state index in [9.17, 15) is 14.7 Å². The van der Waals surface area contributed by atoms with Crippen molar-refractivity contribution in [1.29, 1.82) is 0 Å². The van der Waals surface area contributed by atoms with Gasteiger partial charge in [0.25, 0.3) is 0 Å². The van der Waals surface area contributed by atoms with Crippen LogP contribution in [-0.4, -0.2) is 47.9 Å². The van der Waals surface area contributed by atoms with E-state index in [1.807, 2.05) is 12.1 Å². The number of carboxylic acid groups (broad SMARTS) is 1. The van der Waals surface area contributed by atoms with Crippen LogP contribution in [0.15, 0.2) is 24.3 Å². The second-order valence-corrected chi connectivity index (χ2v) is 7.41. The molecule has 0 unspecified atom stereocenters. The first-order chi connectivity index (χ1) is 11.1. The fourth-order valence-corrected chi connectivity index (χ4v) is 2.98. The summed E-state index contributed by atoms with van der Waals surface area (Å²) in [5.74, 6) is -0.527. The maximum absolute atomic E-state index is 12.3. The summed E-state index contributed by atoms with van der Waals surface area (Å²) in [6, 6.07) is 7.30. The molecule has 1 amide bonds. The Labute approximate surface area is 142 Å². The van der Waals surface area contributed by atoms with Crippen molar-refractivity contribution in [3.63, 3.8) is 0 Å². The van der Waals surface area contributed by atoms with Crippen molar-refractivity contribution in [1.82, 2.24) is 4.90 Å². The lowest BCUT2D eigenvalue weighted by molar-refractivity contribution is -0.147. The number of carbonyl (C=O) groups excluding carboxylic acids is 1. The number of amides is 1. The summed E-state index contributed by atoms with van der Waals surface area (Å²) in [4.78, 5) is 25.7. The highest BCUT2D eigenvalue weighted by Gasteiger charge is 2.51. The number of carbonyl (C=O) groups is 2. The van der Waals surface area contributed by atoms with Gasteiger partial charge in [-0.05, 0) is 45.4 Å². The Morgan fingerprint density at radius 3 is 2.29 bits per heavy atom. The second kappa shape index (κ2) is 6.34. The van der Waals surface area contributed by atoms with Gasteiger partial charge in [0.2, 0.25) is 0 Å². The lowest BCUT2D eigenvalue weighted by atomic mass is 9.76. The van der Waals surface area contributed by atoms with Gasteiger partial charge in [-0.2, -0.15) is 0 Å². The van der Waals surface area contributed by atoms with E-state index < -0.39 is 23.1 Å². The fourth-order valence-electron chi connectivity index (χ4n) is 2.98. The molecule has 1 aromatic carbocycles. The predicted octanol–water partition coefficient (Wildman–Crippen LogP) is 3.12. The number of methoxy groups -OCH3 is 1. The van der Waals surface area contributed by atoms with E-state index in [1.165, 1.54) is 4.90 Å². The molecule has 0 saturated carbocycles. The van der Waals surface area contributed by atoms with E-state index in [2.05, 4.69) is 0 Å². The smallest absolute Gasteiger partial charge is 0.410 e. The molecule has 132 valence electrons. The van der Waals surface area contributed by atoms with Crippen LogP contribution in [0.25, 0.3) is 0 Å². The SMILES string of the molecule is COc1ccc([C@@H]2CN(C(=O)OC(C)(C)C)C[C@@]2(C)C(=O)O)cc1. The van der Waals surface area contributed by atoms with E-state index in [0.717, 1.165) is 5.56 Å². The van der Waals surface area contributed by atoms with Crippen LogP contribution in [0, 0.1) is 5.41 Å². The van der Waals surface area contributed by atoms with E-state index in [-0.39, 0.29) is 12.5 Å². The first-order valence-corrected chi connectivity index (χ1v) is 7.92. The summed E-state index contributed by atoms with van der Waals surface area (Å²) >= 11 is 0. The third kappa shape index (κ3) is 3.63. The third-order valence-electron chi connectivity index (χ3n) is 4.35. The van der Waals surface area contributed by atoms with Crippen molar-refractivity contribution < 1.29 is 24.2 Å². The monoisotopic (exact) mass is 335 g/mol. The number of hydrogen-bond donors (Lipinski definition) is 1. The van der Waals surface area contributed by atoms with Gasteiger partial charge in [0, 0.05) is 19.0 Å². The Hall–Kier alpha value is -2.24. The Kier molecular flexibility index (Phi) is 4.78. The molecule has 2 rings (SSSR count). The van der Waals surface area contributed by atoms with Crippen LogP contribution in [0.1, 0.15) is 39.2 Å². The highest BCUT2D eigenvalue weighted by Crippen LogP contribution is 2.43. The van der Waals surface area contributed by atoms with Crippen molar-refractivity contribution in [2.24, 2.45) is 5.41 Å². The van der Waals surface area contributed by atoms with Gasteiger partial charge in [0.05, 0.1) is 12.5 Å². The van der Waals surface area contributed by atoms with Crippen molar-refractivity contribution in [3.8, 4) is 5.75 Å². The molecule has 0 spiro atoms. The maximum Gasteiger partial charge on any atom is 0.410 e. The average molecular weight is 335 g/mol. The van der Waals surface area contributed by atoms with E-state index in [0.29, 0.717) is 12.3 Å². The molecule has 0 aromatic heterocycles. The van der Waals surface area contributed by atoms with Crippen LogP contribution in [-0.2, 0) is 9.53 Å². The summed E-state index contributed by atoms with van der Waals surface area (Å²) in [6.07, 6.45) is -0.481.